The van der Waals surface area contributed by atoms with Crippen LogP contribution in [0.4, 0.5) is 0 Å². The van der Waals surface area contributed by atoms with E-state index in [-0.39, 0.29) is 5.97 Å². The molecule has 0 heterocycles. The molecular weight excluding hydrogens is 368 g/mol. The highest BCUT2D eigenvalue weighted by atomic mass is 79.9. The molecule has 0 atom stereocenters. The van der Waals surface area contributed by atoms with E-state index in [0.29, 0.717) is 17.9 Å². The third kappa shape index (κ3) is 4.46. The van der Waals surface area contributed by atoms with E-state index in [0.717, 1.165) is 15.8 Å². The first-order valence-electron chi connectivity index (χ1n) is 7.45. The second-order valence-electron chi connectivity index (χ2n) is 5.14. The number of halogens is 1. The number of esters is 1. The van der Waals surface area contributed by atoms with Crippen molar-refractivity contribution in [1.29, 1.82) is 0 Å². The Morgan fingerprint density at radius 3 is 2.12 bits per heavy atom. The molecule has 3 aromatic carbocycles. The van der Waals surface area contributed by atoms with Crippen molar-refractivity contribution < 1.29 is 14.3 Å². The summed E-state index contributed by atoms with van der Waals surface area (Å²) in [5.41, 5.74) is 1.49. The molecule has 4 heteroatoms. The van der Waals surface area contributed by atoms with Gasteiger partial charge in [-0.15, -0.1) is 0 Å². The summed E-state index contributed by atoms with van der Waals surface area (Å²) in [4.78, 5) is 12.1. The van der Waals surface area contributed by atoms with Gasteiger partial charge < -0.3 is 9.47 Å². The number of hydrogen-bond donors (Lipinski definition) is 0. The van der Waals surface area contributed by atoms with Crippen LogP contribution in [-0.4, -0.2) is 5.97 Å². The minimum absolute atomic E-state index is 0.382. The van der Waals surface area contributed by atoms with Crippen LogP contribution in [0.15, 0.2) is 83.3 Å². The van der Waals surface area contributed by atoms with Crippen LogP contribution in [0.1, 0.15) is 15.9 Å². The third-order valence-electron chi connectivity index (χ3n) is 3.36. The van der Waals surface area contributed by atoms with Crippen LogP contribution in [0, 0.1) is 0 Å². The van der Waals surface area contributed by atoms with Crippen molar-refractivity contribution in [3.8, 4) is 11.5 Å². The second-order valence-corrected chi connectivity index (χ2v) is 6.06. The van der Waals surface area contributed by atoms with Crippen LogP contribution in [-0.2, 0) is 6.61 Å². The van der Waals surface area contributed by atoms with Gasteiger partial charge in [0.25, 0.3) is 0 Å². The topological polar surface area (TPSA) is 35.5 Å². The largest absolute Gasteiger partial charge is 0.489 e. The molecule has 3 aromatic rings. The summed E-state index contributed by atoms with van der Waals surface area (Å²) in [7, 11) is 0. The fourth-order valence-corrected chi connectivity index (χ4v) is 2.35. The minimum Gasteiger partial charge on any atom is -0.489 e. The van der Waals surface area contributed by atoms with Gasteiger partial charge in [0.2, 0.25) is 0 Å². The Labute approximate surface area is 149 Å². The molecule has 0 amide bonds. The Bertz CT molecular complexity index is 797. The average Bonchev–Trinajstić information content (AvgIpc) is 2.63. The normalized spacial score (nSPS) is 10.2. The molecule has 3 nitrogen and oxygen atoms in total. The van der Waals surface area contributed by atoms with Gasteiger partial charge in [-0.1, -0.05) is 46.3 Å². The van der Waals surface area contributed by atoms with Gasteiger partial charge in [-0.25, -0.2) is 4.79 Å². The predicted molar refractivity (Wildman–Crippen MR) is 96.3 cm³/mol. The van der Waals surface area contributed by atoms with Crippen LogP contribution in [0.2, 0.25) is 0 Å². The molecule has 0 unspecified atom stereocenters. The lowest BCUT2D eigenvalue weighted by Gasteiger charge is -2.07. The number of rotatable bonds is 5. The van der Waals surface area contributed by atoms with Gasteiger partial charge in [0, 0.05) is 4.47 Å². The maximum atomic E-state index is 12.1. The zero-order valence-corrected chi connectivity index (χ0v) is 14.4. The Hall–Kier alpha value is -2.59. The van der Waals surface area contributed by atoms with Gasteiger partial charge >= 0.3 is 5.97 Å². The first-order chi connectivity index (χ1) is 11.7. The molecule has 0 saturated carbocycles. The molecule has 0 N–H and O–H groups in total. The summed E-state index contributed by atoms with van der Waals surface area (Å²) in [6.45, 7) is 0.450. The zero-order valence-electron chi connectivity index (χ0n) is 12.8. The Morgan fingerprint density at radius 2 is 1.46 bits per heavy atom. The van der Waals surface area contributed by atoms with Gasteiger partial charge in [0.1, 0.15) is 18.1 Å². The first kappa shape index (κ1) is 16.3. The van der Waals surface area contributed by atoms with Crippen molar-refractivity contribution in [1.82, 2.24) is 0 Å². The van der Waals surface area contributed by atoms with Crippen LogP contribution in [0.3, 0.4) is 0 Å². The molecule has 0 aliphatic heterocycles. The molecule has 0 aliphatic rings. The predicted octanol–water partition coefficient (Wildman–Crippen LogP) is 5.25. The van der Waals surface area contributed by atoms with Gasteiger partial charge in [0.15, 0.2) is 0 Å². The minimum atomic E-state index is -0.382. The summed E-state index contributed by atoms with van der Waals surface area (Å²) < 4.78 is 11.9. The van der Waals surface area contributed by atoms with E-state index in [4.69, 9.17) is 9.47 Å². The smallest absolute Gasteiger partial charge is 0.343 e. The van der Waals surface area contributed by atoms with E-state index in [1.54, 1.807) is 24.3 Å². The Balaban J connectivity index is 1.59. The lowest BCUT2D eigenvalue weighted by Crippen LogP contribution is -2.08. The first-order valence-corrected chi connectivity index (χ1v) is 8.24. The molecule has 0 aliphatic carbocycles. The summed E-state index contributed by atoms with van der Waals surface area (Å²) in [5.74, 6) is 0.948. The van der Waals surface area contributed by atoms with Crippen LogP contribution in [0.5, 0.6) is 11.5 Å². The standard InChI is InChI=1S/C20H15BrO3/c21-17-10-12-19(13-11-17)24-20(22)16-8-6-15(7-9-16)14-23-18-4-2-1-3-5-18/h1-13H,14H2. The lowest BCUT2D eigenvalue weighted by atomic mass is 10.1. The van der Waals surface area contributed by atoms with Gasteiger partial charge in [-0.3, -0.25) is 0 Å². The molecule has 24 heavy (non-hydrogen) atoms. The number of carbonyl (C=O) groups is 1. The highest BCUT2D eigenvalue weighted by Gasteiger charge is 2.08. The highest BCUT2D eigenvalue weighted by molar-refractivity contribution is 9.10. The van der Waals surface area contributed by atoms with Crippen LogP contribution in [0.25, 0.3) is 0 Å². The van der Waals surface area contributed by atoms with E-state index in [1.807, 2.05) is 54.6 Å². The summed E-state index contributed by atoms with van der Waals surface area (Å²) >= 11 is 3.34. The van der Waals surface area contributed by atoms with Crippen molar-refractivity contribution in [2.45, 2.75) is 6.61 Å². The fourth-order valence-electron chi connectivity index (χ4n) is 2.09. The molecule has 0 aromatic heterocycles. The number of benzene rings is 3. The molecule has 0 fully saturated rings. The Kier molecular flexibility index (Phi) is 5.29. The number of hydrogen-bond acceptors (Lipinski definition) is 3. The van der Waals surface area contributed by atoms with Gasteiger partial charge in [-0.2, -0.15) is 0 Å². The number of ether oxygens (including phenoxy) is 2. The van der Waals surface area contributed by atoms with Crippen molar-refractivity contribution >= 4 is 21.9 Å². The lowest BCUT2D eigenvalue weighted by molar-refractivity contribution is 0.0734. The third-order valence-corrected chi connectivity index (χ3v) is 3.89. The van der Waals surface area contributed by atoms with Crippen LogP contribution >= 0.6 is 15.9 Å². The summed E-state index contributed by atoms with van der Waals surface area (Å²) in [5, 5.41) is 0. The van der Waals surface area contributed by atoms with Crippen molar-refractivity contribution in [2.24, 2.45) is 0 Å². The number of para-hydroxylation sites is 1. The van der Waals surface area contributed by atoms with E-state index in [1.165, 1.54) is 0 Å². The van der Waals surface area contributed by atoms with Crippen molar-refractivity contribution in [3.63, 3.8) is 0 Å². The molecule has 0 spiro atoms. The highest BCUT2D eigenvalue weighted by Crippen LogP contribution is 2.18. The van der Waals surface area contributed by atoms with E-state index in [9.17, 15) is 4.79 Å². The maximum absolute atomic E-state index is 12.1. The van der Waals surface area contributed by atoms with Crippen molar-refractivity contribution in [2.75, 3.05) is 0 Å². The SMILES string of the molecule is O=C(Oc1ccc(Br)cc1)c1ccc(COc2ccccc2)cc1. The Morgan fingerprint density at radius 1 is 0.792 bits per heavy atom. The second kappa shape index (κ2) is 7.79. The molecule has 0 bridgehead atoms. The molecule has 120 valence electrons. The maximum Gasteiger partial charge on any atom is 0.343 e. The monoisotopic (exact) mass is 382 g/mol. The molecule has 3 rings (SSSR count). The van der Waals surface area contributed by atoms with Crippen molar-refractivity contribution in [3.05, 3.63) is 94.5 Å². The molecule has 0 saturated heterocycles. The van der Waals surface area contributed by atoms with Gasteiger partial charge in [-0.05, 0) is 54.1 Å². The quantitative estimate of drug-likeness (QED) is 0.446. The fraction of sp³-hybridized carbons (Fsp3) is 0.0500. The van der Waals surface area contributed by atoms with E-state index in [2.05, 4.69) is 15.9 Å². The summed E-state index contributed by atoms with van der Waals surface area (Å²) in [6, 6.07) is 23.9. The van der Waals surface area contributed by atoms with Crippen LogP contribution < -0.4 is 9.47 Å². The average molecular weight is 383 g/mol. The molecule has 0 radical (unpaired) electrons. The number of carbonyl (C=O) groups excluding carboxylic acids is 1. The molecular formula is C20H15BrO3. The van der Waals surface area contributed by atoms with Gasteiger partial charge in [0.05, 0.1) is 5.56 Å². The summed E-state index contributed by atoms with van der Waals surface area (Å²) in [6.07, 6.45) is 0. The van der Waals surface area contributed by atoms with E-state index >= 15 is 0 Å². The zero-order chi connectivity index (χ0) is 16.8. The van der Waals surface area contributed by atoms with E-state index < -0.39 is 0 Å².